The molecule has 5 rings (SSSR count). The molecule has 2 heterocycles. The fourth-order valence-corrected chi connectivity index (χ4v) is 7.13. The molecule has 1 atom stereocenters. The van der Waals surface area contributed by atoms with Gasteiger partial charge in [-0.25, -0.2) is 30.4 Å². The SMILES string of the molecule is N#Cc1ccc(N(Cc2ccc(C3CCCCC3)cn2)C(=O)C2CCN2S(=O)(=O)c2c(F)c(F)c(F)c(F)c2F)cc1. The van der Waals surface area contributed by atoms with Crippen LogP contribution in [0.1, 0.15) is 61.3 Å². The van der Waals surface area contributed by atoms with Crippen LogP contribution in [0.5, 0.6) is 0 Å². The number of aromatic nitrogens is 1. The van der Waals surface area contributed by atoms with E-state index in [1.165, 1.54) is 35.6 Å². The summed E-state index contributed by atoms with van der Waals surface area (Å²) in [6, 6.07) is 10.0. The fraction of sp³-hybridized carbons (Fsp3) is 0.345. The highest BCUT2D eigenvalue weighted by Crippen LogP contribution is 2.35. The Kier molecular flexibility index (Phi) is 8.30. The summed E-state index contributed by atoms with van der Waals surface area (Å²) < 4.78 is 96.8. The monoisotopic (exact) mass is 604 g/mol. The predicted molar refractivity (Wildman–Crippen MR) is 141 cm³/mol. The Morgan fingerprint density at radius 3 is 2.05 bits per heavy atom. The van der Waals surface area contributed by atoms with E-state index in [0.29, 0.717) is 21.5 Å². The van der Waals surface area contributed by atoms with E-state index in [1.54, 1.807) is 12.3 Å². The quantitative estimate of drug-likeness (QED) is 0.196. The highest BCUT2D eigenvalue weighted by molar-refractivity contribution is 7.89. The lowest BCUT2D eigenvalue weighted by molar-refractivity contribution is -0.125. The lowest BCUT2D eigenvalue weighted by Crippen LogP contribution is -2.59. The Bertz CT molecular complexity index is 1630. The maximum absolute atomic E-state index is 14.4. The number of rotatable bonds is 7. The Hall–Kier alpha value is -3.89. The fourth-order valence-electron chi connectivity index (χ4n) is 5.39. The van der Waals surface area contributed by atoms with Crippen LogP contribution in [-0.2, 0) is 21.4 Å². The molecular formula is C29H25F5N4O3S. The second-order valence-corrected chi connectivity index (χ2v) is 12.1. The first-order valence-electron chi connectivity index (χ1n) is 13.3. The molecule has 7 nitrogen and oxygen atoms in total. The molecule has 3 aromatic rings. The van der Waals surface area contributed by atoms with Gasteiger partial charge >= 0.3 is 0 Å². The zero-order valence-electron chi connectivity index (χ0n) is 22.2. The third-order valence-electron chi connectivity index (χ3n) is 7.81. The van der Waals surface area contributed by atoms with Crippen LogP contribution in [-0.4, -0.2) is 36.2 Å². The molecule has 0 spiro atoms. The Labute approximate surface area is 239 Å². The normalized spacial score (nSPS) is 17.9. The van der Waals surface area contributed by atoms with Gasteiger partial charge in [0.05, 0.1) is 23.9 Å². The number of halogens is 5. The van der Waals surface area contributed by atoms with Crippen molar-refractivity contribution in [2.45, 2.75) is 61.9 Å². The number of anilines is 1. The molecule has 1 amide bonds. The molecule has 2 aliphatic rings. The molecule has 42 heavy (non-hydrogen) atoms. The smallest absolute Gasteiger partial charge is 0.249 e. The number of nitrogens with zero attached hydrogens (tertiary/aromatic N) is 4. The Morgan fingerprint density at radius 1 is 0.905 bits per heavy atom. The van der Waals surface area contributed by atoms with E-state index in [2.05, 4.69) is 4.98 Å². The van der Waals surface area contributed by atoms with Crippen molar-refractivity contribution in [3.05, 3.63) is 88.5 Å². The zero-order valence-corrected chi connectivity index (χ0v) is 23.0. The molecule has 0 bridgehead atoms. The standard InChI is InChI=1S/C29H25F5N4O3S/c30-23-24(31)26(33)28(27(34)25(23)32)42(40,41)38-13-12-22(38)29(39)37(21-10-6-17(14-35)7-11-21)16-20-9-8-19(15-36-20)18-4-2-1-3-5-18/h6-11,15,18,22H,1-5,12-13,16H2. The van der Waals surface area contributed by atoms with Crippen molar-refractivity contribution >= 4 is 21.6 Å². The maximum Gasteiger partial charge on any atom is 0.249 e. The van der Waals surface area contributed by atoms with E-state index in [4.69, 9.17) is 5.26 Å². The molecule has 1 unspecified atom stereocenters. The summed E-state index contributed by atoms with van der Waals surface area (Å²) in [6.07, 6.45) is 7.28. The van der Waals surface area contributed by atoms with Crippen molar-refractivity contribution in [3.63, 3.8) is 0 Å². The molecule has 2 fully saturated rings. The second kappa shape index (κ2) is 11.8. The van der Waals surface area contributed by atoms with E-state index in [-0.39, 0.29) is 25.2 Å². The number of benzene rings is 2. The minimum absolute atomic E-state index is 0.0612. The summed E-state index contributed by atoms with van der Waals surface area (Å²) >= 11 is 0. The van der Waals surface area contributed by atoms with Crippen LogP contribution in [0.2, 0.25) is 0 Å². The number of amides is 1. The molecular weight excluding hydrogens is 579 g/mol. The van der Waals surface area contributed by atoms with Crippen LogP contribution >= 0.6 is 0 Å². The number of pyridine rings is 1. The van der Waals surface area contributed by atoms with E-state index in [0.717, 1.165) is 31.2 Å². The molecule has 13 heteroatoms. The molecule has 0 radical (unpaired) electrons. The topological polar surface area (TPSA) is 94.4 Å². The molecule has 0 N–H and O–H groups in total. The van der Waals surface area contributed by atoms with Crippen molar-refractivity contribution in [2.24, 2.45) is 0 Å². The van der Waals surface area contributed by atoms with Crippen molar-refractivity contribution in [1.82, 2.24) is 9.29 Å². The predicted octanol–water partition coefficient (Wildman–Crippen LogP) is 5.69. The van der Waals surface area contributed by atoms with Gasteiger partial charge in [-0.15, -0.1) is 0 Å². The summed E-state index contributed by atoms with van der Waals surface area (Å²) in [5, 5.41) is 9.16. The maximum atomic E-state index is 14.4. The minimum Gasteiger partial charge on any atom is -0.305 e. The lowest BCUT2D eigenvalue weighted by atomic mass is 9.85. The van der Waals surface area contributed by atoms with Gasteiger partial charge in [0, 0.05) is 18.4 Å². The second-order valence-electron chi connectivity index (χ2n) is 10.3. The van der Waals surface area contributed by atoms with Gasteiger partial charge in [0.15, 0.2) is 28.2 Å². The summed E-state index contributed by atoms with van der Waals surface area (Å²) in [4.78, 5) is 17.5. The number of hydrogen-bond donors (Lipinski definition) is 0. The van der Waals surface area contributed by atoms with Crippen LogP contribution in [0.15, 0.2) is 47.5 Å². The first-order chi connectivity index (χ1) is 20.0. The van der Waals surface area contributed by atoms with Crippen molar-refractivity contribution in [3.8, 4) is 6.07 Å². The molecule has 1 saturated carbocycles. The highest BCUT2D eigenvalue weighted by atomic mass is 32.2. The summed E-state index contributed by atoms with van der Waals surface area (Å²) in [7, 11) is -5.31. The number of carbonyl (C=O) groups excluding carboxylic acids is 1. The third-order valence-corrected chi connectivity index (χ3v) is 9.74. The van der Waals surface area contributed by atoms with Gasteiger partial charge in [-0.3, -0.25) is 9.78 Å². The lowest BCUT2D eigenvalue weighted by Gasteiger charge is -2.41. The van der Waals surface area contributed by atoms with Gasteiger partial charge in [0.1, 0.15) is 6.04 Å². The summed E-state index contributed by atoms with van der Waals surface area (Å²) in [5.74, 6) is -12.7. The largest absolute Gasteiger partial charge is 0.305 e. The molecule has 2 aromatic carbocycles. The number of sulfonamides is 1. The van der Waals surface area contributed by atoms with Gasteiger partial charge in [0.2, 0.25) is 21.7 Å². The van der Waals surface area contributed by atoms with Crippen LogP contribution in [0, 0.1) is 40.4 Å². The average Bonchev–Trinajstić information content (AvgIpc) is 2.97. The molecule has 1 aliphatic carbocycles. The molecule has 220 valence electrons. The van der Waals surface area contributed by atoms with Crippen LogP contribution in [0.4, 0.5) is 27.6 Å². The average molecular weight is 605 g/mol. The van der Waals surface area contributed by atoms with Crippen LogP contribution in [0.25, 0.3) is 0 Å². The summed E-state index contributed by atoms with van der Waals surface area (Å²) in [5.41, 5.74) is 2.15. The van der Waals surface area contributed by atoms with E-state index in [1.807, 2.05) is 12.1 Å². The number of nitriles is 1. The zero-order chi connectivity index (χ0) is 30.2. The van der Waals surface area contributed by atoms with Crippen molar-refractivity contribution in [1.29, 1.82) is 5.26 Å². The van der Waals surface area contributed by atoms with Crippen molar-refractivity contribution < 1.29 is 35.2 Å². The first kappa shape index (κ1) is 29.6. The Balaban J connectivity index is 1.45. The van der Waals surface area contributed by atoms with Crippen LogP contribution in [0.3, 0.4) is 0 Å². The van der Waals surface area contributed by atoms with Gasteiger partial charge in [-0.2, -0.15) is 9.57 Å². The highest BCUT2D eigenvalue weighted by Gasteiger charge is 2.48. The first-order valence-corrected chi connectivity index (χ1v) is 14.8. The molecule has 1 aromatic heterocycles. The van der Waals surface area contributed by atoms with E-state index < -0.39 is 56.0 Å². The van der Waals surface area contributed by atoms with E-state index in [9.17, 15) is 35.2 Å². The molecule has 1 aliphatic heterocycles. The van der Waals surface area contributed by atoms with E-state index >= 15 is 0 Å². The van der Waals surface area contributed by atoms with Gasteiger partial charge in [-0.05, 0) is 61.1 Å². The van der Waals surface area contributed by atoms with Gasteiger partial charge < -0.3 is 4.90 Å². The minimum atomic E-state index is -5.31. The number of carbonyl (C=O) groups is 1. The summed E-state index contributed by atoms with van der Waals surface area (Å²) in [6.45, 7) is -0.490. The third kappa shape index (κ3) is 5.36. The van der Waals surface area contributed by atoms with Crippen LogP contribution < -0.4 is 4.90 Å². The van der Waals surface area contributed by atoms with Gasteiger partial charge in [0.25, 0.3) is 0 Å². The Morgan fingerprint density at radius 2 is 1.52 bits per heavy atom. The molecule has 1 saturated heterocycles. The van der Waals surface area contributed by atoms with Crippen molar-refractivity contribution in [2.75, 3.05) is 11.4 Å². The number of hydrogen-bond acceptors (Lipinski definition) is 5. The van der Waals surface area contributed by atoms with Gasteiger partial charge in [-0.1, -0.05) is 25.3 Å².